The average Bonchev–Trinajstić information content (AvgIpc) is 2.49. The van der Waals surface area contributed by atoms with Crippen molar-refractivity contribution in [2.45, 2.75) is 45.8 Å². The normalized spacial score (nSPS) is 21.2. The van der Waals surface area contributed by atoms with Gasteiger partial charge < -0.3 is 9.47 Å². The van der Waals surface area contributed by atoms with Crippen LogP contribution in [-0.4, -0.2) is 24.1 Å². The van der Waals surface area contributed by atoms with Crippen LogP contribution in [0.3, 0.4) is 0 Å². The molecule has 4 heteroatoms. The predicted octanol–water partition coefficient (Wildman–Crippen LogP) is 3.52. The average molecular weight is 302 g/mol. The number of carbonyl (C=O) groups excluding carboxylic acids is 2. The van der Waals surface area contributed by atoms with E-state index in [2.05, 4.69) is 0 Å². The van der Waals surface area contributed by atoms with Gasteiger partial charge in [0.1, 0.15) is 12.2 Å². The molecule has 0 fully saturated rings. The second-order valence-corrected chi connectivity index (χ2v) is 6.45. The summed E-state index contributed by atoms with van der Waals surface area (Å²) >= 11 is 0. The summed E-state index contributed by atoms with van der Waals surface area (Å²) in [5.74, 6) is -0.675. The third-order valence-electron chi connectivity index (χ3n) is 3.46. The lowest BCUT2D eigenvalue weighted by Crippen LogP contribution is -2.39. The van der Waals surface area contributed by atoms with E-state index < -0.39 is 23.6 Å². The molecule has 0 N–H and O–H groups in total. The second-order valence-electron chi connectivity index (χ2n) is 6.45. The van der Waals surface area contributed by atoms with Gasteiger partial charge in [-0.25, -0.2) is 4.79 Å². The van der Waals surface area contributed by atoms with Crippen LogP contribution in [0.15, 0.2) is 42.5 Å². The number of esters is 2. The fourth-order valence-corrected chi connectivity index (χ4v) is 2.11. The van der Waals surface area contributed by atoms with Crippen molar-refractivity contribution in [3.8, 4) is 0 Å². The van der Waals surface area contributed by atoms with Gasteiger partial charge >= 0.3 is 11.9 Å². The molecule has 0 amide bonds. The minimum Gasteiger partial charge on any atom is -0.458 e. The first-order valence-electron chi connectivity index (χ1n) is 7.50. The summed E-state index contributed by atoms with van der Waals surface area (Å²) in [7, 11) is 0. The maximum absolute atomic E-state index is 12.2. The summed E-state index contributed by atoms with van der Waals surface area (Å²) in [6.45, 7) is 5.41. The molecule has 1 aliphatic rings. The lowest BCUT2D eigenvalue weighted by atomic mass is 9.96. The minimum atomic E-state index is -0.574. The highest BCUT2D eigenvalue weighted by Gasteiger charge is 2.33. The highest BCUT2D eigenvalue weighted by molar-refractivity contribution is 5.89. The van der Waals surface area contributed by atoms with Gasteiger partial charge in [0, 0.05) is 12.8 Å². The number of carbonyl (C=O) groups is 2. The Morgan fingerprint density at radius 3 is 2.05 bits per heavy atom. The van der Waals surface area contributed by atoms with Crippen molar-refractivity contribution in [1.82, 2.24) is 0 Å². The minimum absolute atomic E-state index is 0.284. The van der Waals surface area contributed by atoms with Crippen LogP contribution in [0, 0.1) is 5.41 Å². The molecule has 0 aliphatic heterocycles. The molecular formula is C18H22O4. The Labute approximate surface area is 131 Å². The summed E-state index contributed by atoms with van der Waals surface area (Å²) in [6, 6.07) is 8.82. The molecule has 0 bridgehead atoms. The summed E-state index contributed by atoms with van der Waals surface area (Å²) in [5.41, 5.74) is -0.0762. The standard InChI is InChI=1S/C18H22O4/c1-18(2,3)17(20)22-15-12-8-7-11-14(15)21-16(19)13-9-5-4-6-10-13/h4-10,14-15H,11-12H2,1-3H3/t14-,15-/m1/s1. The zero-order valence-electron chi connectivity index (χ0n) is 13.2. The molecule has 2 atom stereocenters. The third kappa shape index (κ3) is 4.20. The molecule has 1 aromatic rings. The summed E-state index contributed by atoms with van der Waals surface area (Å²) < 4.78 is 11.1. The highest BCUT2D eigenvalue weighted by atomic mass is 16.6. The van der Waals surface area contributed by atoms with Crippen molar-refractivity contribution in [3.05, 3.63) is 48.0 Å². The van der Waals surface area contributed by atoms with E-state index in [0.717, 1.165) is 0 Å². The molecule has 1 aliphatic carbocycles. The molecular weight excluding hydrogens is 280 g/mol. The Kier molecular flexibility index (Phi) is 5.01. The molecule has 0 aromatic heterocycles. The largest absolute Gasteiger partial charge is 0.458 e. The van der Waals surface area contributed by atoms with Crippen LogP contribution < -0.4 is 0 Å². The molecule has 118 valence electrons. The lowest BCUT2D eigenvalue weighted by Gasteiger charge is -2.30. The van der Waals surface area contributed by atoms with Crippen LogP contribution >= 0.6 is 0 Å². The SMILES string of the molecule is CC(C)(C)C(=O)O[C@@H]1CC=CC[C@H]1OC(=O)c1ccccc1. The molecule has 4 nitrogen and oxygen atoms in total. The van der Waals surface area contributed by atoms with Crippen molar-refractivity contribution in [3.63, 3.8) is 0 Å². The molecule has 0 radical (unpaired) electrons. The molecule has 0 saturated heterocycles. The van der Waals surface area contributed by atoms with Gasteiger partial charge in [-0.1, -0.05) is 30.4 Å². The van der Waals surface area contributed by atoms with E-state index in [1.165, 1.54) is 0 Å². The first-order valence-corrected chi connectivity index (χ1v) is 7.50. The monoisotopic (exact) mass is 302 g/mol. The molecule has 0 spiro atoms. The topological polar surface area (TPSA) is 52.6 Å². The van der Waals surface area contributed by atoms with Gasteiger partial charge in [0.2, 0.25) is 0 Å². The number of rotatable bonds is 3. The van der Waals surface area contributed by atoms with Gasteiger partial charge in [-0.05, 0) is 32.9 Å². The van der Waals surface area contributed by atoms with Gasteiger partial charge in [0.25, 0.3) is 0 Å². The molecule has 1 aromatic carbocycles. The van der Waals surface area contributed by atoms with E-state index in [-0.39, 0.29) is 5.97 Å². The second kappa shape index (κ2) is 6.77. The van der Waals surface area contributed by atoms with Crippen molar-refractivity contribution < 1.29 is 19.1 Å². The van der Waals surface area contributed by atoms with Crippen LogP contribution in [-0.2, 0) is 14.3 Å². The van der Waals surface area contributed by atoms with Crippen LogP contribution in [0.5, 0.6) is 0 Å². The van der Waals surface area contributed by atoms with Crippen molar-refractivity contribution >= 4 is 11.9 Å². The van der Waals surface area contributed by atoms with Crippen LogP contribution in [0.1, 0.15) is 44.0 Å². The zero-order chi connectivity index (χ0) is 16.2. The zero-order valence-corrected chi connectivity index (χ0v) is 13.2. The number of ether oxygens (including phenoxy) is 2. The van der Waals surface area contributed by atoms with E-state index in [9.17, 15) is 9.59 Å². The smallest absolute Gasteiger partial charge is 0.338 e. The van der Waals surface area contributed by atoms with E-state index in [1.807, 2.05) is 18.2 Å². The number of hydrogen-bond donors (Lipinski definition) is 0. The summed E-state index contributed by atoms with van der Waals surface area (Å²) in [6.07, 6.45) is 4.15. The van der Waals surface area contributed by atoms with Gasteiger partial charge in [-0.15, -0.1) is 0 Å². The van der Waals surface area contributed by atoms with Gasteiger partial charge in [-0.2, -0.15) is 0 Å². The van der Waals surface area contributed by atoms with Crippen LogP contribution in [0.2, 0.25) is 0 Å². The van der Waals surface area contributed by atoms with Crippen molar-refractivity contribution in [2.24, 2.45) is 5.41 Å². The van der Waals surface area contributed by atoms with Gasteiger partial charge in [0.15, 0.2) is 0 Å². The Bertz CT molecular complexity index is 554. The Hall–Kier alpha value is -2.10. The Morgan fingerprint density at radius 2 is 1.50 bits per heavy atom. The van der Waals surface area contributed by atoms with Gasteiger partial charge in [-0.3, -0.25) is 4.79 Å². The molecule has 0 saturated carbocycles. The molecule has 0 unspecified atom stereocenters. The first kappa shape index (κ1) is 16.3. The van der Waals surface area contributed by atoms with Crippen LogP contribution in [0.25, 0.3) is 0 Å². The summed E-state index contributed by atoms with van der Waals surface area (Å²) in [5, 5.41) is 0. The molecule has 22 heavy (non-hydrogen) atoms. The van der Waals surface area contributed by atoms with E-state index >= 15 is 0 Å². The highest BCUT2D eigenvalue weighted by Crippen LogP contribution is 2.24. The van der Waals surface area contributed by atoms with Crippen molar-refractivity contribution in [2.75, 3.05) is 0 Å². The van der Waals surface area contributed by atoms with Gasteiger partial charge in [0.05, 0.1) is 11.0 Å². The predicted molar refractivity (Wildman–Crippen MR) is 83.4 cm³/mol. The first-order chi connectivity index (χ1) is 10.4. The van der Waals surface area contributed by atoms with E-state index in [4.69, 9.17) is 9.47 Å². The lowest BCUT2D eigenvalue weighted by molar-refractivity contribution is -0.164. The van der Waals surface area contributed by atoms with E-state index in [1.54, 1.807) is 45.0 Å². The number of benzene rings is 1. The maximum Gasteiger partial charge on any atom is 0.338 e. The van der Waals surface area contributed by atoms with Crippen LogP contribution in [0.4, 0.5) is 0 Å². The third-order valence-corrected chi connectivity index (χ3v) is 3.46. The van der Waals surface area contributed by atoms with Crippen molar-refractivity contribution in [1.29, 1.82) is 0 Å². The summed E-state index contributed by atoms with van der Waals surface area (Å²) in [4.78, 5) is 24.2. The fraction of sp³-hybridized carbons (Fsp3) is 0.444. The Morgan fingerprint density at radius 1 is 0.955 bits per heavy atom. The number of hydrogen-bond acceptors (Lipinski definition) is 4. The van der Waals surface area contributed by atoms with E-state index in [0.29, 0.717) is 18.4 Å². The quantitative estimate of drug-likeness (QED) is 0.633. The maximum atomic E-state index is 12.2. The fourth-order valence-electron chi connectivity index (χ4n) is 2.11. The Balaban J connectivity index is 2.03. The molecule has 2 rings (SSSR count). The molecule has 0 heterocycles.